The average Bonchev–Trinajstić information content (AvgIpc) is 2.95. The van der Waals surface area contributed by atoms with E-state index in [4.69, 9.17) is 0 Å². The van der Waals surface area contributed by atoms with E-state index in [2.05, 4.69) is 22.2 Å². The zero-order valence-corrected chi connectivity index (χ0v) is 18.1. The molecular weight excluding hydrogens is 399 g/mol. The van der Waals surface area contributed by atoms with E-state index in [1.807, 2.05) is 25.1 Å². The standard InChI is InChI=1S/C24H29FN2O2S/c1-2-26-21(17-18-9-5-3-6-10-18)22-23(19-11-13-20(25)14-12-19)30(28,29)27-24(22)15-7-4-8-16-24/h3,5-6,9-14,21,26-27H,2,4,7-8,15-17H2,1H3. The summed E-state index contributed by atoms with van der Waals surface area (Å²) in [5, 5.41) is 3.56. The smallest absolute Gasteiger partial charge is 0.242 e. The van der Waals surface area contributed by atoms with E-state index in [1.54, 1.807) is 12.1 Å². The molecule has 1 spiro atoms. The molecular formula is C24H29FN2O2S. The summed E-state index contributed by atoms with van der Waals surface area (Å²) in [5.41, 5.74) is 2.06. The molecule has 2 aromatic carbocycles. The minimum Gasteiger partial charge on any atom is -0.310 e. The van der Waals surface area contributed by atoms with Gasteiger partial charge in [0, 0.05) is 6.04 Å². The van der Waals surface area contributed by atoms with Gasteiger partial charge in [0.05, 0.1) is 10.4 Å². The van der Waals surface area contributed by atoms with Crippen molar-refractivity contribution in [3.63, 3.8) is 0 Å². The van der Waals surface area contributed by atoms with Gasteiger partial charge in [0.1, 0.15) is 5.82 Å². The van der Waals surface area contributed by atoms with Crippen LogP contribution >= 0.6 is 0 Å². The van der Waals surface area contributed by atoms with Crippen LogP contribution in [0, 0.1) is 5.82 Å². The molecule has 2 aromatic rings. The number of halogens is 1. The molecule has 0 aromatic heterocycles. The fourth-order valence-corrected chi connectivity index (χ4v) is 7.03. The molecule has 0 amide bonds. The van der Waals surface area contributed by atoms with Crippen LogP contribution in [0.3, 0.4) is 0 Å². The zero-order chi connectivity index (χ0) is 21.2. The van der Waals surface area contributed by atoms with Gasteiger partial charge in [-0.2, -0.15) is 0 Å². The van der Waals surface area contributed by atoms with Gasteiger partial charge in [0.2, 0.25) is 10.0 Å². The fraction of sp³-hybridized carbons (Fsp3) is 0.417. The van der Waals surface area contributed by atoms with E-state index in [0.29, 0.717) is 16.9 Å². The predicted molar refractivity (Wildman–Crippen MR) is 119 cm³/mol. The quantitative estimate of drug-likeness (QED) is 0.717. The van der Waals surface area contributed by atoms with Gasteiger partial charge >= 0.3 is 0 Å². The Kier molecular flexibility index (Phi) is 6.09. The van der Waals surface area contributed by atoms with Gasteiger partial charge in [-0.25, -0.2) is 17.5 Å². The van der Waals surface area contributed by atoms with Crippen molar-refractivity contribution >= 4 is 14.9 Å². The van der Waals surface area contributed by atoms with Crippen LogP contribution in [0.2, 0.25) is 0 Å². The summed E-state index contributed by atoms with van der Waals surface area (Å²) >= 11 is 0. The minimum atomic E-state index is -3.70. The summed E-state index contributed by atoms with van der Waals surface area (Å²) in [5.74, 6) is -0.371. The number of hydrogen-bond donors (Lipinski definition) is 2. The monoisotopic (exact) mass is 428 g/mol. The maximum absolute atomic E-state index is 13.6. The molecule has 4 rings (SSSR count). The Balaban J connectivity index is 1.90. The van der Waals surface area contributed by atoms with Crippen molar-refractivity contribution in [1.82, 2.24) is 10.0 Å². The van der Waals surface area contributed by atoms with Gasteiger partial charge in [0.15, 0.2) is 0 Å². The van der Waals surface area contributed by atoms with E-state index >= 15 is 0 Å². The lowest BCUT2D eigenvalue weighted by Crippen LogP contribution is -2.51. The van der Waals surface area contributed by atoms with Crippen molar-refractivity contribution in [2.45, 2.75) is 57.0 Å². The van der Waals surface area contributed by atoms with Gasteiger partial charge in [-0.3, -0.25) is 0 Å². The Morgan fingerprint density at radius 2 is 1.70 bits per heavy atom. The van der Waals surface area contributed by atoms with Gasteiger partial charge in [-0.15, -0.1) is 0 Å². The van der Waals surface area contributed by atoms with Crippen LogP contribution in [-0.4, -0.2) is 26.5 Å². The molecule has 1 aliphatic heterocycles. The highest BCUT2D eigenvalue weighted by Gasteiger charge is 2.51. The van der Waals surface area contributed by atoms with Gasteiger partial charge < -0.3 is 5.32 Å². The molecule has 1 unspecified atom stereocenters. The number of sulfonamides is 1. The van der Waals surface area contributed by atoms with E-state index < -0.39 is 15.6 Å². The second-order valence-corrected chi connectivity index (χ2v) is 9.92. The Labute approximate surface area is 178 Å². The lowest BCUT2D eigenvalue weighted by Gasteiger charge is -2.39. The summed E-state index contributed by atoms with van der Waals surface area (Å²) in [6.45, 7) is 2.77. The van der Waals surface area contributed by atoms with E-state index in [-0.39, 0.29) is 11.9 Å². The molecule has 2 aliphatic rings. The Bertz CT molecular complexity index is 1010. The van der Waals surface area contributed by atoms with Gasteiger partial charge in [-0.05, 0) is 54.6 Å². The van der Waals surface area contributed by atoms with Crippen LogP contribution in [-0.2, 0) is 16.4 Å². The molecule has 4 nitrogen and oxygen atoms in total. The molecule has 160 valence electrons. The maximum Gasteiger partial charge on any atom is 0.242 e. The van der Waals surface area contributed by atoms with Crippen molar-refractivity contribution in [2.75, 3.05) is 6.54 Å². The van der Waals surface area contributed by atoms with Crippen molar-refractivity contribution in [2.24, 2.45) is 0 Å². The third-order valence-electron chi connectivity index (χ3n) is 6.25. The molecule has 0 saturated heterocycles. The molecule has 1 saturated carbocycles. The molecule has 1 aliphatic carbocycles. The molecule has 1 fully saturated rings. The first-order valence-corrected chi connectivity index (χ1v) is 12.3. The van der Waals surface area contributed by atoms with Crippen LogP contribution in [0.1, 0.15) is 50.2 Å². The van der Waals surface area contributed by atoms with E-state index in [0.717, 1.165) is 49.8 Å². The highest BCUT2D eigenvalue weighted by Crippen LogP contribution is 2.47. The normalized spacial score (nSPS) is 21.1. The Hall–Kier alpha value is -2.02. The lowest BCUT2D eigenvalue weighted by atomic mass is 9.73. The number of hydrogen-bond acceptors (Lipinski definition) is 3. The maximum atomic E-state index is 13.6. The van der Waals surface area contributed by atoms with Crippen LogP contribution in [0.4, 0.5) is 4.39 Å². The molecule has 0 bridgehead atoms. The molecule has 2 N–H and O–H groups in total. The van der Waals surface area contributed by atoms with Crippen molar-refractivity contribution in [1.29, 1.82) is 0 Å². The number of likely N-dealkylation sites (N-methyl/N-ethyl adjacent to an activating group) is 1. The molecule has 6 heteroatoms. The first-order chi connectivity index (χ1) is 14.5. The lowest BCUT2D eigenvalue weighted by molar-refractivity contribution is 0.301. The minimum absolute atomic E-state index is 0.125. The Morgan fingerprint density at radius 1 is 1.03 bits per heavy atom. The number of rotatable bonds is 6. The number of benzene rings is 2. The topological polar surface area (TPSA) is 58.2 Å². The average molecular weight is 429 g/mol. The second-order valence-electron chi connectivity index (χ2n) is 8.30. The van der Waals surface area contributed by atoms with Crippen LogP contribution in [0.25, 0.3) is 4.91 Å². The highest BCUT2D eigenvalue weighted by molar-refractivity contribution is 7.99. The first kappa shape index (κ1) is 21.2. The highest BCUT2D eigenvalue weighted by atomic mass is 32.2. The zero-order valence-electron chi connectivity index (χ0n) is 17.3. The van der Waals surface area contributed by atoms with Gasteiger partial charge in [-0.1, -0.05) is 68.7 Å². The van der Waals surface area contributed by atoms with Crippen molar-refractivity contribution in [3.8, 4) is 0 Å². The predicted octanol–water partition coefficient (Wildman–Crippen LogP) is 4.39. The SMILES string of the molecule is CCNC(Cc1ccccc1)C1=C(c2ccc(F)cc2)S(=O)(=O)NC12CCCCC2. The largest absolute Gasteiger partial charge is 0.310 e. The Morgan fingerprint density at radius 3 is 2.33 bits per heavy atom. The number of nitrogens with one attached hydrogen (secondary N) is 2. The van der Waals surface area contributed by atoms with E-state index in [9.17, 15) is 12.8 Å². The summed E-state index contributed by atoms with van der Waals surface area (Å²) in [6, 6.07) is 15.9. The summed E-state index contributed by atoms with van der Waals surface area (Å²) in [7, 11) is -3.70. The summed E-state index contributed by atoms with van der Waals surface area (Å²) in [6.07, 6.45) is 5.40. The van der Waals surface area contributed by atoms with Crippen molar-refractivity contribution < 1.29 is 12.8 Å². The van der Waals surface area contributed by atoms with E-state index in [1.165, 1.54) is 12.1 Å². The fourth-order valence-electron chi connectivity index (χ4n) is 5.03. The molecule has 30 heavy (non-hydrogen) atoms. The molecule has 1 atom stereocenters. The van der Waals surface area contributed by atoms with Crippen LogP contribution in [0.15, 0.2) is 60.2 Å². The summed E-state index contributed by atoms with van der Waals surface area (Å²) < 4.78 is 43.4. The molecule has 1 heterocycles. The third kappa shape index (κ3) is 4.09. The van der Waals surface area contributed by atoms with Crippen molar-refractivity contribution in [3.05, 3.63) is 77.1 Å². The van der Waals surface area contributed by atoms with Crippen LogP contribution in [0.5, 0.6) is 0 Å². The van der Waals surface area contributed by atoms with Crippen LogP contribution < -0.4 is 10.0 Å². The third-order valence-corrected chi connectivity index (χ3v) is 7.91. The first-order valence-electron chi connectivity index (χ1n) is 10.8. The van der Waals surface area contributed by atoms with Gasteiger partial charge in [0.25, 0.3) is 0 Å². The molecule has 0 radical (unpaired) electrons. The summed E-state index contributed by atoms with van der Waals surface area (Å²) in [4.78, 5) is 0.325. The second kappa shape index (κ2) is 8.61.